The van der Waals surface area contributed by atoms with Gasteiger partial charge in [-0.25, -0.2) is 4.39 Å². The number of rotatable bonds is 4. The maximum absolute atomic E-state index is 13.6. The minimum atomic E-state index is -1.24. The number of nitrogens with two attached hydrogens (primary N) is 1. The van der Waals surface area contributed by atoms with Crippen LogP contribution in [0, 0.1) is 0 Å². The number of carbonyl (C=O) groups excluding carboxylic acids is 2. The van der Waals surface area contributed by atoms with E-state index in [0.29, 0.717) is 17.1 Å². The lowest BCUT2D eigenvalue weighted by atomic mass is 10.1. The van der Waals surface area contributed by atoms with E-state index >= 15 is 0 Å². The van der Waals surface area contributed by atoms with Gasteiger partial charge in [0.15, 0.2) is 0 Å². The highest BCUT2D eigenvalue weighted by atomic mass is 19.1. The van der Waals surface area contributed by atoms with E-state index in [2.05, 4.69) is 0 Å². The van der Waals surface area contributed by atoms with Crippen LogP contribution in [0.15, 0.2) is 54.6 Å². The minimum absolute atomic E-state index is 0.0543. The number of likely N-dealkylation sites (tertiary alicyclic amines) is 1. The summed E-state index contributed by atoms with van der Waals surface area (Å²) in [5.41, 5.74) is 5.60. The minimum Gasteiger partial charge on any atom is -0.457 e. The van der Waals surface area contributed by atoms with Crippen molar-refractivity contribution in [3.8, 4) is 11.5 Å². The summed E-state index contributed by atoms with van der Waals surface area (Å²) in [5.74, 6) is -0.00146. The third-order valence-electron chi connectivity index (χ3n) is 3.90. The molecule has 0 saturated carbocycles. The van der Waals surface area contributed by atoms with Crippen molar-refractivity contribution < 1.29 is 18.7 Å². The van der Waals surface area contributed by atoms with E-state index in [1.54, 1.807) is 36.4 Å². The fourth-order valence-corrected chi connectivity index (χ4v) is 2.76. The number of nitrogens with zero attached hydrogens (tertiary/aromatic N) is 1. The van der Waals surface area contributed by atoms with Crippen LogP contribution in [0.25, 0.3) is 0 Å². The van der Waals surface area contributed by atoms with Crippen LogP contribution in [0.2, 0.25) is 0 Å². The number of halogens is 1. The van der Waals surface area contributed by atoms with Crippen molar-refractivity contribution in [3.63, 3.8) is 0 Å². The quantitative estimate of drug-likeness (QED) is 0.937. The fraction of sp³-hybridized carbons (Fsp3) is 0.222. The molecule has 0 aliphatic carbocycles. The van der Waals surface area contributed by atoms with Crippen molar-refractivity contribution in [3.05, 3.63) is 60.2 Å². The zero-order chi connectivity index (χ0) is 17.1. The summed E-state index contributed by atoms with van der Waals surface area (Å²) in [5, 5.41) is 0. The molecule has 24 heavy (non-hydrogen) atoms. The summed E-state index contributed by atoms with van der Waals surface area (Å²) in [4.78, 5) is 25.2. The summed E-state index contributed by atoms with van der Waals surface area (Å²) >= 11 is 0. The Labute approximate surface area is 138 Å². The molecule has 0 bridgehead atoms. The number of hydrogen-bond donors (Lipinski definition) is 1. The maximum atomic E-state index is 13.6. The SMILES string of the molecule is NC(=O)[C@@H]1C[C@@H](F)CN1C(=O)c1cccc(Oc2ccccc2)c1. The molecule has 2 amide bonds. The molecule has 3 rings (SSSR count). The normalized spacial score (nSPS) is 20.0. The molecule has 124 valence electrons. The molecule has 1 aliphatic rings. The zero-order valence-electron chi connectivity index (χ0n) is 12.9. The topological polar surface area (TPSA) is 72.6 Å². The van der Waals surface area contributed by atoms with Crippen LogP contribution in [-0.4, -0.2) is 35.5 Å². The molecule has 1 fully saturated rings. The van der Waals surface area contributed by atoms with Crippen LogP contribution in [0.3, 0.4) is 0 Å². The van der Waals surface area contributed by atoms with Gasteiger partial charge in [0.05, 0.1) is 6.54 Å². The molecule has 5 nitrogen and oxygen atoms in total. The first-order chi connectivity index (χ1) is 11.5. The monoisotopic (exact) mass is 328 g/mol. The maximum Gasteiger partial charge on any atom is 0.254 e. The van der Waals surface area contributed by atoms with Crippen molar-refractivity contribution >= 4 is 11.8 Å². The van der Waals surface area contributed by atoms with Crippen molar-refractivity contribution in [2.24, 2.45) is 5.73 Å². The Bertz CT molecular complexity index is 751. The predicted molar refractivity (Wildman–Crippen MR) is 86.5 cm³/mol. The van der Waals surface area contributed by atoms with Gasteiger partial charge >= 0.3 is 0 Å². The Morgan fingerprint density at radius 1 is 1.08 bits per heavy atom. The number of primary amides is 1. The molecule has 6 heteroatoms. The molecule has 2 aromatic rings. The second-order valence-corrected chi connectivity index (χ2v) is 5.65. The van der Waals surface area contributed by atoms with Crippen LogP contribution in [-0.2, 0) is 4.79 Å². The first kappa shape index (κ1) is 16.0. The summed E-state index contributed by atoms with van der Waals surface area (Å²) < 4.78 is 19.3. The summed E-state index contributed by atoms with van der Waals surface area (Å²) in [6.07, 6.45) is -1.29. The molecular formula is C18H17FN2O3. The Kier molecular flexibility index (Phi) is 4.46. The van der Waals surface area contributed by atoms with Crippen LogP contribution < -0.4 is 10.5 Å². The number of hydrogen-bond acceptors (Lipinski definition) is 3. The Morgan fingerprint density at radius 2 is 1.79 bits per heavy atom. The van der Waals surface area contributed by atoms with Gasteiger partial charge in [-0.2, -0.15) is 0 Å². The van der Waals surface area contributed by atoms with E-state index in [1.807, 2.05) is 18.2 Å². The van der Waals surface area contributed by atoms with Gasteiger partial charge in [0.2, 0.25) is 5.91 Å². The van der Waals surface area contributed by atoms with Crippen molar-refractivity contribution in [2.45, 2.75) is 18.6 Å². The summed E-state index contributed by atoms with van der Waals surface area (Å²) in [7, 11) is 0. The first-order valence-corrected chi connectivity index (χ1v) is 7.62. The Balaban J connectivity index is 1.80. The van der Waals surface area contributed by atoms with E-state index in [4.69, 9.17) is 10.5 Å². The molecule has 0 unspecified atom stereocenters. The Hall–Kier alpha value is -2.89. The number of alkyl halides is 1. The Morgan fingerprint density at radius 3 is 2.50 bits per heavy atom. The molecule has 0 aromatic heterocycles. The largest absolute Gasteiger partial charge is 0.457 e. The molecule has 2 atom stereocenters. The molecule has 1 heterocycles. The molecule has 2 aromatic carbocycles. The third-order valence-corrected chi connectivity index (χ3v) is 3.90. The lowest BCUT2D eigenvalue weighted by Crippen LogP contribution is -2.43. The number of benzene rings is 2. The van der Waals surface area contributed by atoms with Gasteiger partial charge < -0.3 is 15.4 Å². The molecule has 0 spiro atoms. The summed E-state index contributed by atoms with van der Waals surface area (Å²) in [6.45, 7) is -0.129. The van der Waals surface area contributed by atoms with Gasteiger partial charge in [-0.3, -0.25) is 9.59 Å². The number of amides is 2. The molecule has 1 aliphatic heterocycles. The molecule has 1 saturated heterocycles. The van der Waals surface area contributed by atoms with Gasteiger partial charge in [0.25, 0.3) is 5.91 Å². The molecular weight excluding hydrogens is 311 g/mol. The van der Waals surface area contributed by atoms with Gasteiger partial charge in [-0.1, -0.05) is 24.3 Å². The van der Waals surface area contributed by atoms with Gasteiger partial charge in [0.1, 0.15) is 23.7 Å². The van der Waals surface area contributed by atoms with E-state index in [0.717, 1.165) is 0 Å². The average molecular weight is 328 g/mol. The lowest BCUT2D eigenvalue weighted by Gasteiger charge is -2.22. The highest BCUT2D eigenvalue weighted by molar-refractivity contribution is 5.98. The van der Waals surface area contributed by atoms with Gasteiger partial charge in [-0.05, 0) is 30.3 Å². The van der Waals surface area contributed by atoms with E-state index in [9.17, 15) is 14.0 Å². The smallest absolute Gasteiger partial charge is 0.254 e. The highest BCUT2D eigenvalue weighted by Crippen LogP contribution is 2.26. The number of carbonyl (C=O) groups is 2. The van der Waals surface area contributed by atoms with Crippen molar-refractivity contribution in [2.75, 3.05) is 6.54 Å². The fourth-order valence-electron chi connectivity index (χ4n) is 2.76. The highest BCUT2D eigenvalue weighted by Gasteiger charge is 2.39. The van der Waals surface area contributed by atoms with Crippen molar-refractivity contribution in [1.82, 2.24) is 4.90 Å². The standard InChI is InChI=1S/C18H17FN2O3/c19-13-10-16(17(20)22)21(11-13)18(23)12-5-4-8-15(9-12)24-14-6-2-1-3-7-14/h1-9,13,16H,10-11H2,(H2,20,22)/t13-,16+/m1/s1. The second-order valence-electron chi connectivity index (χ2n) is 5.65. The van der Waals surface area contributed by atoms with E-state index in [1.165, 1.54) is 4.90 Å². The molecule has 0 radical (unpaired) electrons. The van der Waals surface area contributed by atoms with Crippen LogP contribution >= 0.6 is 0 Å². The number of ether oxygens (including phenoxy) is 1. The molecule has 2 N–H and O–H groups in total. The van der Waals surface area contributed by atoms with Crippen LogP contribution in [0.1, 0.15) is 16.8 Å². The van der Waals surface area contributed by atoms with E-state index < -0.39 is 24.0 Å². The van der Waals surface area contributed by atoms with E-state index in [-0.39, 0.29) is 13.0 Å². The average Bonchev–Trinajstić information content (AvgIpc) is 2.97. The van der Waals surface area contributed by atoms with Gasteiger partial charge in [0, 0.05) is 12.0 Å². The first-order valence-electron chi connectivity index (χ1n) is 7.62. The lowest BCUT2D eigenvalue weighted by molar-refractivity contribution is -0.121. The van der Waals surface area contributed by atoms with Crippen LogP contribution in [0.4, 0.5) is 4.39 Å². The second kappa shape index (κ2) is 6.70. The van der Waals surface area contributed by atoms with Gasteiger partial charge in [-0.15, -0.1) is 0 Å². The third kappa shape index (κ3) is 3.37. The zero-order valence-corrected chi connectivity index (χ0v) is 12.9. The number of para-hydroxylation sites is 1. The summed E-state index contributed by atoms with van der Waals surface area (Å²) in [6, 6.07) is 14.8. The van der Waals surface area contributed by atoms with Crippen molar-refractivity contribution in [1.29, 1.82) is 0 Å². The van der Waals surface area contributed by atoms with Crippen LogP contribution in [0.5, 0.6) is 11.5 Å². The predicted octanol–water partition coefficient (Wildman–Crippen LogP) is 2.52.